The molecule has 20 heavy (non-hydrogen) atoms. The SMILES string of the molecule is CC(C)(C)c1ccccc1C(Cl)Cc1ccccc1Cl. The molecule has 0 aliphatic heterocycles. The second-order valence-corrected chi connectivity index (χ2v) is 7.03. The molecule has 0 nitrogen and oxygen atoms in total. The summed E-state index contributed by atoms with van der Waals surface area (Å²) < 4.78 is 0. The highest BCUT2D eigenvalue weighted by Crippen LogP contribution is 2.35. The van der Waals surface area contributed by atoms with Crippen LogP contribution in [0.5, 0.6) is 0 Å². The Morgan fingerprint density at radius 2 is 1.55 bits per heavy atom. The number of hydrogen-bond donors (Lipinski definition) is 0. The Bertz CT molecular complexity index is 582. The third-order valence-electron chi connectivity index (χ3n) is 3.46. The van der Waals surface area contributed by atoms with Gasteiger partial charge in [0.25, 0.3) is 0 Å². The van der Waals surface area contributed by atoms with Crippen LogP contribution in [0.15, 0.2) is 48.5 Å². The summed E-state index contributed by atoms with van der Waals surface area (Å²) in [6.07, 6.45) is 0.744. The normalized spacial score (nSPS) is 13.2. The third-order valence-corrected chi connectivity index (χ3v) is 4.22. The molecule has 0 spiro atoms. The fraction of sp³-hybridized carbons (Fsp3) is 0.333. The fourth-order valence-electron chi connectivity index (χ4n) is 2.42. The van der Waals surface area contributed by atoms with Crippen LogP contribution in [-0.4, -0.2) is 0 Å². The van der Waals surface area contributed by atoms with Crippen LogP contribution in [0.1, 0.15) is 42.8 Å². The first-order chi connectivity index (χ1) is 9.39. The van der Waals surface area contributed by atoms with E-state index < -0.39 is 0 Å². The van der Waals surface area contributed by atoms with Crippen LogP contribution >= 0.6 is 23.2 Å². The Kier molecular flexibility index (Phi) is 4.78. The van der Waals surface area contributed by atoms with Crippen LogP contribution in [0.3, 0.4) is 0 Å². The average molecular weight is 307 g/mol. The van der Waals surface area contributed by atoms with Crippen molar-refractivity contribution in [3.8, 4) is 0 Å². The van der Waals surface area contributed by atoms with Crippen LogP contribution in [-0.2, 0) is 11.8 Å². The van der Waals surface area contributed by atoms with Crippen molar-refractivity contribution in [2.75, 3.05) is 0 Å². The molecule has 0 saturated heterocycles. The number of benzene rings is 2. The maximum absolute atomic E-state index is 6.67. The highest BCUT2D eigenvalue weighted by Gasteiger charge is 2.21. The lowest BCUT2D eigenvalue weighted by Crippen LogP contribution is -2.15. The van der Waals surface area contributed by atoms with Crippen molar-refractivity contribution in [3.05, 3.63) is 70.2 Å². The molecule has 0 saturated carbocycles. The largest absolute Gasteiger partial charge is 0.117 e. The molecule has 0 fully saturated rings. The Balaban J connectivity index is 2.31. The molecule has 0 N–H and O–H groups in total. The Morgan fingerprint density at radius 1 is 0.950 bits per heavy atom. The van der Waals surface area contributed by atoms with E-state index in [1.165, 1.54) is 11.1 Å². The van der Waals surface area contributed by atoms with Crippen molar-refractivity contribution in [2.45, 2.75) is 38.0 Å². The van der Waals surface area contributed by atoms with Gasteiger partial charge in [0, 0.05) is 5.02 Å². The van der Waals surface area contributed by atoms with Gasteiger partial charge in [0.05, 0.1) is 5.38 Å². The van der Waals surface area contributed by atoms with E-state index in [1.807, 2.05) is 30.3 Å². The lowest BCUT2D eigenvalue weighted by atomic mass is 9.82. The molecule has 0 aliphatic carbocycles. The molecule has 2 rings (SSSR count). The lowest BCUT2D eigenvalue weighted by molar-refractivity contribution is 0.580. The molecular formula is C18H20Cl2. The minimum absolute atomic E-state index is 0.0645. The summed E-state index contributed by atoms with van der Waals surface area (Å²) in [5.41, 5.74) is 3.68. The van der Waals surface area contributed by atoms with Crippen molar-refractivity contribution in [3.63, 3.8) is 0 Å². The molecule has 0 aliphatic rings. The lowest BCUT2D eigenvalue weighted by Gasteiger charge is -2.25. The Labute approximate surface area is 131 Å². The van der Waals surface area contributed by atoms with Gasteiger partial charge in [0.15, 0.2) is 0 Å². The van der Waals surface area contributed by atoms with E-state index in [1.54, 1.807) is 0 Å². The number of alkyl halides is 1. The molecule has 2 heteroatoms. The van der Waals surface area contributed by atoms with Crippen LogP contribution < -0.4 is 0 Å². The second kappa shape index (κ2) is 6.20. The van der Waals surface area contributed by atoms with Crippen molar-refractivity contribution >= 4 is 23.2 Å². The maximum Gasteiger partial charge on any atom is 0.0628 e. The predicted molar refractivity (Wildman–Crippen MR) is 88.9 cm³/mol. The molecule has 0 bridgehead atoms. The molecule has 0 amide bonds. The van der Waals surface area contributed by atoms with Gasteiger partial charge in [-0.1, -0.05) is 74.8 Å². The molecule has 106 valence electrons. The van der Waals surface area contributed by atoms with Crippen LogP contribution in [0.2, 0.25) is 5.02 Å². The summed E-state index contributed by atoms with van der Waals surface area (Å²) in [7, 11) is 0. The molecule has 2 aromatic carbocycles. The van der Waals surface area contributed by atoms with E-state index in [0.29, 0.717) is 0 Å². The van der Waals surface area contributed by atoms with E-state index >= 15 is 0 Å². The zero-order valence-corrected chi connectivity index (χ0v) is 13.7. The minimum Gasteiger partial charge on any atom is -0.117 e. The van der Waals surface area contributed by atoms with Crippen molar-refractivity contribution in [1.29, 1.82) is 0 Å². The Hall–Kier alpha value is -0.980. The fourth-order valence-corrected chi connectivity index (χ4v) is 2.99. The van der Waals surface area contributed by atoms with Gasteiger partial charge in [-0.2, -0.15) is 0 Å². The smallest absolute Gasteiger partial charge is 0.0628 e. The predicted octanol–water partition coefficient (Wildman–Crippen LogP) is 6.16. The highest BCUT2D eigenvalue weighted by molar-refractivity contribution is 6.31. The topological polar surface area (TPSA) is 0 Å². The molecule has 0 heterocycles. The summed E-state index contributed by atoms with van der Waals surface area (Å²) in [5.74, 6) is 0. The zero-order valence-electron chi connectivity index (χ0n) is 12.2. The number of rotatable bonds is 3. The highest BCUT2D eigenvalue weighted by atomic mass is 35.5. The maximum atomic E-state index is 6.67. The van der Waals surface area contributed by atoms with Gasteiger partial charge in [-0.05, 0) is 34.6 Å². The van der Waals surface area contributed by atoms with Gasteiger partial charge in [-0.15, -0.1) is 11.6 Å². The van der Waals surface area contributed by atoms with Crippen molar-refractivity contribution in [1.82, 2.24) is 0 Å². The van der Waals surface area contributed by atoms with Crippen molar-refractivity contribution < 1.29 is 0 Å². The summed E-state index contributed by atoms with van der Waals surface area (Å²) in [4.78, 5) is 0. The van der Waals surface area contributed by atoms with E-state index in [-0.39, 0.29) is 10.8 Å². The first-order valence-corrected chi connectivity index (χ1v) is 7.68. The van der Waals surface area contributed by atoms with Gasteiger partial charge in [0.2, 0.25) is 0 Å². The monoisotopic (exact) mass is 306 g/mol. The minimum atomic E-state index is -0.0645. The van der Waals surface area contributed by atoms with E-state index in [4.69, 9.17) is 23.2 Å². The molecular weight excluding hydrogens is 287 g/mol. The van der Waals surface area contributed by atoms with Crippen LogP contribution in [0.25, 0.3) is 0 Å². The van der Waals surface area contributed by atoms with E-state index in [9.17, 15) is 0 Å². The van der Waals surface area contributed by atoms with Crippen molar-refractivity contribution in [2.24, 2.45) is 0 Å². The second-order valence-electron chi connectivity index (χ2n) is 6.10. The first kappa shape index (κ1) is 15.4. The standard InChI is InChI=1S/C18H20Cl2/c1-18(2,3)15-10-6-5-9-14(15)17(20)12-13-8-4-7-11-16(13)19/h4-11,17H,12H2,1-3H3. The van der Waals surface area contributed by atoms with Gasteiger partial charge in [-0.25, -0.2) is 0 Å². The summed E-state index contributed by atoms with van der Waals surface area (Å²) in [6, 6.07) is 16.3. The van der Waals surface area contributed by atoms with Gasteiger partial charge in [-0.3, -0.25) is 0 Å². The summed E-state index contributed by atoms with van der Waals surface area (Å²) >= 11 is 12.9. The third kappa shape index (κ3) is 3.56. The van der Waals surface area contributed by atoms with Gasteiger partial charge >= 0.3 is 0 Å². The summed E-state index contributed by atoms with van der Waals surface area (Å²) in [5, 5.41) is 0.719. The van der Waals surface area contributed by atoms with E-state index in [0.717, 1.165) is 17.0 Å². The van der Waals surface area contributed by atoms with Gasteiger partial charge < -0.3 is 0 Å². The van der Waals surface area contributed by atoms with Gasteiger partial charge in [0.1, 0.15) is 0 Å². The average Bonchev–Trinajstić information content (AvgIpc) is 2.40. The molecule has 0 radical (unpaired) electrons. The van der Waals surface area contributed by atoms with Crippen LogP contribution in [0, 0.1) is 0 Å². The Morgan fingerprint density at radius 3 is 2.20 bits per heavy atom. The first-order valence-electron chi connectivity index (χ1n) is 6.86. The molecule has 1 atom stereocenters. The van der Waals surface area contributed by atoms with Crippen LogP contribution in [0.4, 0.5) is 0 Å². The molecule has 2 aromatic rings. The molecule has 1 unspecified atom stereocenters. The number of halogens is 2. The zero-order chi connectivity index (χ0) is 14.8. The number of hydrogen-bond acceptors (Lipinski definition) is 0. The molecule has 0 aromatic heterocycles. The quantitative estimate of drug-likeness (QED) is 0.596. The van der Waals surface area contributed by atoms with E-state index in [2.05, 4.69) is 39.0 Å². The summed E-state index contributed by atoms with van der Waals surface area (Å²) in [6.45, 7) is 6.64.